The number of alkyl carbamates (subject to hydrolysis) is 1. The first-order chi connectivity index (χ1) is 21.9. The number of methoxy groups -OCH3 is 1. The number of amides is 3. The van der Waals surface area contributed by atoms with Crippen LogP contribution < -0.4 is 10.2 Å². The predicted octanol–water partition coefficient (Wildman–Crippen LogP) is 3.49. The Balaban J connectivity index is 1.78. The zero-order valence-corrected chi connectivity index (χ0v) is 29.1. The summed E-state index contributed by atoms with van der Waals surface area (Å²) in [7, 11) is 4.65. The number of carbonyl (C=O) groups excluding carboxylic acids is 4. The van der Waals surface area contributed by atoms with E-state index in [1.807, 2.05) is 39.8 Å². The fourth-order valence-electron chi connectivity index (χ4n) is 6.51. The number of fused-ring (bicyclic) bond motifs is 5. The molecule has 0 radical (unpaired) electrons. The van der Waals surface area contributed by atoms with Gasteiger partial charge >= 0.3 is 12.1 Å². The fourth-order valence-corrected chi connectivity index (χ4v) is 6.51. The number of aliphatic hydroxyl groups is 1. The summed E-state index contributed by atoms with van der Waals surface area (Å²) in [5.74, 6) is -1.77. The van der Waals surface area contributed by atoms with Crippen LogP contribution in [0.1, 0.15) is 64.2 Å². The van der Waals surface area contributed by atoms with Gasteiger partial charge in [0.15, 0.2) is 5.72 Å². The zero-order valence-electron chi connectivity index (χ0n) is 29.1. The summed E-state index contributed by atoms with van der Waals surface area (Å²) in [6, 6.07) is 3.16. The summed E-state index contributed by atoms with van der Waals surface area (Å²) in [6.07, 6.45) is 1.64. The molecule has 12 heteroatoms. The summed E-state index contributed by atoms with van der Waals surface area (Å²) in [5.41, 5.74) is 1.81. The van der Waals surface area contributed by atoms with Crippen LogP contribution in [-0.2, 0) is 39.8 Å². The number of hydrogen-bond donors (Lipinski definition) is 2. The standard InChI is InChI=1S/C35H49N3O9/c1-19-12-11-13-28(44-10)35(43)18-27(45-33(42)36-35)22(4)31-34(7,47-31)29(46-32(41)23(5)37(8)24(6)39)17-30(40)38(9)26-16-25(14-19)15-20(2)21(26)3/h11-13,15-16,22-23,27-29,31,43H,14,17-18H2,1-10H3,(H,36,42). The van der Waals surface area contributed by atoms with Crippen LogP contribution in [0.2, 0.25) is 0 Å². The monoisotopic (exact) mass is 655 g/mol. The highest BCUT2D eigenvalue weighted by Gasteiger charge is 2.64. The van der Waals surface area contributed by atoms with Gasteiger partial charge in [0.1, 0.15) is 30.0 Å². The molecule has 2 saturated heterocycles. The Morgan fingerprint density at radius 1 is 1.21 bits per heavy atom. The third kappa shape index (κ3) is 7.55. The molecule has 4 rings (SSSR count). The van der Waals surface area contributed by atoms with Crippen molar-refractivity contribution in [2.45, 2.75) is 110 Å². The molecule has 258 valence electrons. The van der Waals surface area contributed by atoms with Crippen LogP contribution in [-0.4, -0.2) is 96.9 Å². The highest BCUT2D eigenvalue weighted by atomic mass is 16.7. The molecule has 0 saturated carbocycles. The van der Waals surface area contributed by atoms with E-state index < -0.39 is 59.8 Å². The average Bonchev–Trinajstić information content (AvgIpc) is 3.70. The summed E-state index contributed by atoms with van der Waals surface area (Å²) in [6.45, 7) is 12.4. The van der Waals surface area contributed by atoms with Crippen molar-refractivity contribution < 1.29 is 43.2 Å². The van der Waals surface area contributed by atoms with E-state index in [1.165, 1.54) is 26.0 Å². The maximum atomic E-state index is 14.0. The van der Waals surface area contributed by atoms with E-state index >= 15 is 0 Å². The highest BCUT2D eigenvalue weighted by Crippen LogP contribution is 2.49. The number of nitrogens with zero attached hydrogens (tertiary/aromatic N) is 2. The molecular formula is C35H49N3O9. The van der Waals surface area contributed by atoms with Gasteiger partial charge in [-0.05, 0) is 63.8 Å². The number of benzene rings is 1. The molecule has 1 aromatic carbocycles. The Morgan fingerprint density at radius 2 is 1.89 bits per heavy atom. The smallest absolute Gasteiger partial charge is 0.409 e. The number of ether oxygens (including phenoxy) is 4. The SMILES string of the molecule is COC1C=CC=C(C)Cc2cc(C)c(C)c(c2)N(C)C(=O)CC(OC(=O)C(C)N(C)C(C)=O)C2(C)OC2C(C)C2CC1(O)NC(=O)O2. The van der Waals surface area contributed by atoms with Crippen molar-refractivity contribution >= 4 is 29.6 Å². The van der Waals surface area contributed by atoms with Gasteiger partial charge in [0.25, 0.3) is 0 Å². The van der Waals surface area contributed by atoms with Gasteiger partial charge in [0, 0.05) is 46.2 Å². The molecule has 3 heterocycles. The molecule has 3 amide bonds. The predicted molar refractivity (Wildman–Crippen MR) is 175 cm³/mol. The Bertz CT molecular complexity index is 1470. The summed E-state index contributed by atoms with van der Waals surface area (Å²) >= 11 is 0. The molecule has 0 aliphatic carbocycles. The van der Waals surface area contributed by atoms with Gasteiger partial charge in [0.2, 0.25) is 11.8 Å². The number of allylic oxidation sites excluding steroid dienone is 3. The molecule has 8 atom stereocenters. The minimum Gasteiger partial charge on any atom is -0.457 e. The minimum absolute atomic E-state index is 0.0155. The molecule has 2 fully saturated rings. The zero-order chi connectivity index (χ0) is 35.0. The molecule has 2 N–H and O–H groups in total. The van der Waals surface area contributed by atoms with E-state index in [9.17, 15) is 24.3 Å². The van der Waals surface area contributed by atoms with Gasteiger partial charge in [0.05, 0.1) is 12.5 Å². The van der Waals surface area contributed by atoms with Gasteiger partial charge in [-0.15, -0.1) is 0 Å². The second kappa shape index (κ2) is 13.8. The average molecular weight is 656 g/mol. The molecule has 47 heavy (non-hydrogen) atoms. The third-order valence-corrected chi connectivity index (χ3v) is 10.0. The van der Waals surface area contributed by atoms with Crippen LogP contribution in [0.15, 0.2) is 35.9 Å². The fraction of sp³-hybridized carbons (Fsp3) is 0.600. The van der Waals surface area contributed by atoms with E-state index in [0.29, 0.717) is 6.42 Å². The molecule has 0 aromatic heterocycles. The van der Waals surface area contributed by atoms with E-state index in [4.69, 9.17) is 18.9 Å². The minimum atomic E-state index is -1.78. The van der Waals surface area contributed by atoms with E-state index in [0.717, 1.165) is 28.0 Å². The lowest BCUT2D eigenvalue weighted by Crippen LogP contribution is -2.63. The van der Waals surface area contributed by atoms with Crippen molar-refractivity contribution in [1.29, 1.82) is 0 Å². The largest absolute Gasteiger partial charge is 0.457 e. The first kappa shape index (κ1) is 36.1. The molecule has 3 aliphatic rings. The maximum Gasteiger partial charge on any atom is 0.409 e. The topological polar surface area (TPSA) is 147 Å². The number of rotatable bonds is 4. The molecule has 3 aliphatic heterocycles. The molecule has 8 unspecified atom stereocenters. The molecule has 4 bridgehead atoms. The van der Waals surface area contributed by atoms with Crippen molar-refractivity contribution in [2.24, 2.45) is 5.92 Å². The number of aryl methyl sites for hydroxylation is 1. The van der Waals surface area contributed by atoms with Gasteiger partial charge in [-0.3, -0.25) is 14.9 Å². The second-order valence-corrected chi connectivity index (χ2v) is 13.5. The Kier molecular flexibility index (Phi) is 10.6. The van der Waals surface area contributed by atoms with Gasteiger partial charge in [-0.2, -0.15) is 0 Å². The molecule has 0 spiro atoms. The Labute approximate surface area is 277 Å². The second-order valence-electron chi connectivity index (χ2n) is 13.5. The van der Waals surface area contributed by atoms with Crippen LogP contribution in [0, 0.1) is 19.8 Å². The first-order valence-corrected chi connectivity index (χ1v) is 16.0. The number of anilines is 1. The first-order valence-electron chi connectivity index (χ1n) is 16.0. The van der Waals surface area contributed by atoms with Crippen molar-refractivity contribution in [3.8, 4) is 0 Å². The summed E-state index contributed by atoms with van der Waals surface area (Å²) in [5, 5.41) is 14.2. The van der Waals surface area contributed by atoms with Crippen LogP contribution >= 0.6 is 0 Å². The highest BCUT2D eigenvalue weighted by molar-refractivity contribution is 5.94. The molecule has 1 aromatic rings. The number of likely N-dealkylation sites (N-methyl/N-ethyl adjacent to an activating group) is 1. The van der Waals surface area contributed by atoms with Crippen molar-refractivity contribution in [2.75, 3.05) is 26.1 Å². The quantitative estimate of drug-likeness (QED) is 0.368. The number of nitrogens with one attached hydrogen (secondary N) is 1. The molecular weight excluding hydrogens is 606 g/mol. The number of esters is 1. The normalized spacial score (nSPS) is 31.9. The third-order valence-electron chi connectivity index (χ3n) is 10.0. The van der Waals surface area contributed by atoms with Gasteiger partial charge < -0.3 is 33.9 Å². The summed E-state index contributed by atoms with van der Waals surface area (Å²) in [4.78, 5) is 54.9. The summed E-state index contributed by atoms with van der Waals surface area (Å²) < 4.78 is 23.5. The maximum absolute atomic E-state index is 14.0. The van der Waals surface area contributed by atoms with E-state index in [-0.39, 0.29) is 24.7 Å². The van der Waals surface area contributed by atoms with E-state index in [2.05, 4.69) is 11.4 Å². The lowest BCUT2D eigenvalue weighted by Gasteiger charge is -2.42. The number of epoxide rings is 1. The van der Waals surface area contributed by atoms with Crippen LogP contribution in [0.3, 0.4) is 0 Å². The van der Waals surface area contributed by atoms with Crippen molar-refractivity contribution in [3.05, 3.63) is 52.6 Å². The van der Waals surface area contributed by atoms with Crippen LogP contribution in [0.25, 0.3) is 0 Å². The van der Waals surface area contributed by atoms with E-state index in [1.54, 1.807) is 37.9 Å². The van der Waals surface area contributed by atoms with Crippen LogP contribution in [0.5, 0.6) is 0 Å². The van der Waals surface area contributed by atoms with Crippen molar-refractivity contribution in [1.82, 2.24) is 10.2 Å². The molecule has 12 nitrogen and oxygen atoms in total. The van der Waals surface area contributed by atoms with Gasteiger partial charge in [-0.1, -0.05) is 36.8 Å². The Hall–Kier alpha value is -3.74. The van der Waals surface area contributed by atoms with Gasteiger partial charge in [-0.25, -0.2) is 9.59 Å². The number of hydrogen-bond acceptors (Lipinski definition) is 9. The number of carbonyl (C=O) groups is 4. The lowest BCUT2D eigenvalue weighted by molar-refractivity contribution is -0.161. The lowest BCUT2D eigenvalue weighted by atomic mass is 9.83. The van der Waals surface area contributed by atoms with Crippen molar-refractivity contribution in [3.63, 3.8) is 0 Å². The van der Waals surface area contributed by atoms with Crippen LogP contribution in [0.4, 0.5) is 10.5 Å². The Morgan fingerprint density at radius 3 is 2.53 bits per heavy atom.